The Morgan fingerprint density at radius 1 is 0.515 bits per heavy atom. The summed E-state index contributed by atoms with van der Waals surface area (Å²) in [6.45, 7) is 4.60. The lowest BCUT2D eigenvalue weighted by atomic mass is 9.82. The number of nitrogens with zero attached hydrogens (tertiary/aromatic N) is 6. The lowest BCUT2D eigenvalue weighted by molar-refractivity contribution is 0.660. The molecule has 0 saturated heterocycles. The van der Waals surface area contributed by atoms with Crippen molar-refractivity contribution >= 4 is 65.6 Å². The van der Waals surface area contributed by atoms with Crippen LogP contribution in [0.4, 0.5) is 0 Å². The summed E-state index contributed by atoms with van der Waals surface area (Å²) in [7, 11) is 0. The van der Waals surface area contributed by atoms with Crippen LogP contribution in [0.2, 0.25) is 0 Å². The van der Waals surface area contributed by atoms with Crippen molar-refractivity contribution in [2.24, 2.45) is 0 Å². The van der Waals surface area contributed by atoms with Gasteiger partial charge in [0.05, 0.1) is 40.2 Å². The molecular formula is C61H38N6O. The average molecular weight is 876 g/mol. The Labute approximate surface area is 397 Å². The number of benzene rings is 9. The molecule has 0 N–H and O–H groups in total. The molecule has 14 rings (SSSR count). The largest absolute Gasteiger partial charge is 0.456 e. The second-order valence-electron chi connectivity index (χ2n) is 17.9. The fourth-order valence-corrected chi connectivity index (χ4v) is 10.8. The number of fused-ring (bicyclic) bond motifs is 13. The highest BCUT2D eigenvalue weighted by Gasteiger charge is 2.35. The maximum Gasteiger partial charge on any atom is 0.164 e. The van der Waals surface area contributed by atoms with Crippen LogP contribution in [0.1, 0.15) is 37.4 Å². The van der Waals surface area contributed by atoms with Gasteiger partial charge in [0.1, 0.15) is 17.2 Å². The summed E-state index contributed by atoms with van der Waals surface area (Å²) >= 11 is 0. The Kier molecular flexibility index (Phi) is 6.96. The van der Waals surface area contributed by atoms with Gasteiger partial charge in [-0.25, -0.2) is 15.0 Å². The minimum Gasteiger partial charge on any atom is -0.456 e. The SMILES string of the molecule is [2H]c1c([2H])c([2H])c(-c2nc(-c3ccc(-n4c5ccccc5c5ccc6c(c7ccccc7n6-c6ccc7c(c6)C(C)(C)c6ccccc6-7)c54)c(C#N)c3)nc(-c3ccc4oc5ccccc5c4c3)n2)c([2H])c1[2H]. The number of aromatic nitrogens is 5. The van der Waals surface area contributed by atoms with E-state index in [1.54, 1.807) is 6.07 Å². The molecular weight excluding hydrogens is 833 g/mol. The van der Waals surface area contributed by atoms with Crippen LogP contribution in [-0.2, 0) is 5.41 Å². The Bertz CT molecular complexity index is 4610. The quantitative estimate of drug-likeness (QED) is 0.172. The van der Waals surface area contributed by atoms with E-state index in [2.05, 4.69) is 120 Å². The molecule has 0 unspecified atom stereocenters. The number of rotatable bonds is 5. The van der Waals surface area contributed by atoms with E-state index in [0.717, 1.165) is 65.7 Å². The Balaban J connectivity index is 0.985. The van der Waals surface area contributed by atoms with E-state index in [1.165, 1.54) is 22.3 Å². The van der Waals surface area contributed by atoms with Gasteiger partial charge in [0, 0.05) is 60.1 Å². The van der Waals surface area contributed by atoms with E-state index in [4.69, 9.17) is 26.2 Å². The maximum absolute atomic E-state index is 11.2. The third-order valence-electron chi connectivity index (χ3n) is 13.9. The molecule has 68 heavy (non-hydrogen) atoms. The molecule has 0 atom stereocenters. The molecule has 13 aromatic rings. The van der Waals surface area contributed by atoms with Crippen LogP contribution in [0.3, 0.4) is 0 Å². The molecule has 9 aromatic carbocycles. The summed E-state index contributed by atoms with van der Waals surface area (Å²) in [6.07, 6.45) is 0. The van der Waals surface area contributed by atoms with Gasteiger partial charge in [-0.3, -0.25) is 0 Å². The molecule has 0 radical (unpaired) electrons. The smallest absolute Gasteiger partial charge is 0.164 e. The Morgan fingerprint density at radius 3 is 1.97 bits per heavy atom. The molecule has 0 bridgehead atoms. The van der Waals surface area contributed by atoms with Crippen molar-refractivity contribution in [3.8, 4) is 62.7 Å². The summed E-state index contributed by atoms with van der Waals surface area (Å²) in [5, 5.41) is 17.1. The van der Waals surface area contributed by atoms with Crippen LogP contribution in [0.5, 0.6) is 0 Å². The zero-order valence-corrected chi connectivity index (χ0v) is 36.7. The molecule has 7 heteroatoms. The highest BCUT2D eigenvalue weighted by molar-refractivity contribution is 6.26. The normalized spacial score (nSPS) is 14.0. The van der Waals surface area contributed by atoms with Crippen molar-refractivity contribution in [2.75, 3.05) is 0 Å². The summed E-state index contributed by atoms with van der Waals surface area (Å²) < 4.78 is 53.8. The highest BCUT2D eigenvalue weighted by Crippen LogP contribution is 2.50. The van der Waals surface area contributed by atoms with Gasteiger partial charge in [0.25, 0.3) is 0 Å². The number of nitriles is 1. The Morgan fingerprint density at radius 2 is 1.16 bits per heavy atom. The molecule has 0 aliphatic heterocycles. The van der Waals surface area contributed by atoms with Gasteiger partial charge in [-0.1, -0.05) is 135 Å². The van der Waals surface area contributed by atoms with Gasteiger partial charge in [0.2, 0.25) is 0 Å². The van der Waals surface area contributed by atoms with E-state index in [9.17, 15) is 5.26 Å². The van der Waals surface area contributed by atoms with E-state index in [0.29, 0.717) is 28.0 Å². The average Bonchev–Trinajstić information content (AvgIpc) is 4.14. The molecule has 0 fully saturated rings. The summed E-state index contributed by atoms with van der Waals surface area (Å²) in [5.74, 6) is 0.258. The minimum absolute atomic E-state index is 0.102. The van der Waals surface area contributed by atoms with Gasteiger partial charge in [-0.2, -0.15) is 5.26 Å². The second kappa shape index (κ2) is 14.2. The molecule has 1 aliphatic rings. The third-order valence-corrected chi connectivity index (χ3v) is 13.9. The molecule has 318 valence electrons. The predicted octanol–water partition coefficient (Wildman–Crippen LogP) is 15.1. The van der Waals surface area contributed by atoms with Crippen LogP contribution >= 0.6 is 0 Å². The molecule has 1 aliphatic carbocycles. The first-order valence-electron chi connectivity index (χ1n) is 25.0. The van der Waals surface area contributed by atoms with E-state index in [1.807, 2.05) is 66.7 Å². The number of hydrogen-bond donors (Lipinski definition) is 0. The fraction of sp³-hybridized carbons (Fsp3) is 0.0492. The van der Waals surface area contributed by atoms with Crippen LogP contribution < -0.4 is 0 Å². The lowest BCUT2D eigenvalue weighted by Gasteiger charge is -2.22. The zero-order valence-electron chi connectivity index (χ0n) is 41.7. The number of para-hydroxylation sites is 3. The number of hydrogen-bond acceptors (Lipinski definition) is 5. The van der Waals surface area contributed by atoms with Crippen molar-refractivity contribution in [1.29, 1.82) is 5.26 Å². The van der Waals surface area contributed by atoms with E-state index in [-0.39, 0.29) is 28.5 Å². The van der Waals surface area contributed by atoms with Crippen molar-refractivity contribution in [2.45, 2.75) is 19.3 Å². The third kappa shape index (κ3) is 5.43. The van der Waals surface area contributed by atoms with E-state index >= 15 is 0 Å². The first kappa shape index (κ1) is 33.4. The summed E-state index contributed by atoms with van der Waals surface area (Å²) in [4.78, 5) is 14.6. The van der Waals surface area contributed by atoms with Crippen molar-refractivity contribution in [3.05, 3.63) is 211 Å². The topological polar surface area (TPSA) is 85.5 Å². The van der Waals surface area contributed by atoms with Gasteiger partial charge >= 0.3 is 0 Å². The lowest BCUT2D eigenvalue weighted by Crippen LogP contribution is -2.15. The Hall–Kier alpha value is -9.12. The summed E-state index contributed by atoms with van der Waals surface area (Å²) in [6, 6.07) is 55.6. The van der Waals surface area contributed by atoms with Gasteiger partial charge < -0.3 is 13.6 Å². The van der Waals surface area contributed by atoms with Crippen LogP contribution in [0.25, 0.3) is 122 Å². The molecule has 7 nitrogen and oxygen atoms in total. The maximum atomic E-state index is 11.2. The molecule has 0 spiro atoms. The molecule has 4 heterocycles. The van der Waals surface area contributed by atoms with Crippen molar-refractivity contribution < 1.29 is 11.3 Å². The summed E-state index contributed by atoms with van der Waals surface area (Å²) in [5.41, 5.74) is 13.3. The van der Waals surface area contributed by atoms with Gasteiger partial charge in [-0.15, -0.1) is 0 Å². The minimum atomic E-state index is -0.523. The standard InChI is InChI=1S/C61H38N6O/c1-61(2)48-20-10-6-16-41(48)42-27-26-40(34-49(42)61)66-52-22-12-8-19-46(52)56-53(66)30-28-45-43-17-7-11-21-51(43)67(57(45)56)50-29-24-37(32-39(50)35-62)59-63-58(36-14-4-3-5-15-36)64-60(65-59)38-25-31-55-47(33-38)44-18-9-13-23-54(44)68-55/h3-34H,1-2H3/i3D,4D,5D,14D,15D. The van der Waals surface area contributed by atoms with Crippen LogP contribution in [0.15, 0.2) is 198 Å². The van der Waals surface area contributed by atoms with Crippen LogP contribution in [0, 0.1) is 11.3 Å². The molecule has 0 amide bonds. The van der Waals surface area contributed by atoms with Crippen molar-refractivity contribution in [1.82, 2.24) is 24.1 Å². The van der Waals surface area contributed by atoms with Crippen LogP contribution in [-0.4, -0.2) is 24.1 Å². The first-order chi connectivity index (χ1) is 35.5. The molecule has 4 aromatic heterocycles. The predicted molar refractivity (Wildman–Crippen MR) is 274 cm³/mol. The zero-order chi connectivity index (χ0) is 49.6. The van der Waals surface area contributed by atoms with Gasteiger partial charge in [0.15, 0.2) is 17.5 Å². The number of furan rings is 1. The fourth-order valence-electron chi connectivity index (χ4n) is 10.8. The van der Waals surface area contributed by atoms with E-state index < -0.39 is 30.2 Å². The van der Waals surface area contributed by atoms with Gasteiger partial charge in [-0.05, 0) is 95.1 Å². The van der Waals surface area contributed by atoms with Crippen molar-refractivity contribution in [3.63, 3.8) is 0 Å². The molecule has 0 saturated carbocycles. The monoisotopic (exact) mass is 875 g/mol. The first-order valence-corrected chi connectivity index (χ1v) is 22.5. The highest BCUT2D eigenvalue weighted by atomic mass is 16.3. The second-order valence-corrected chi connectivity index (χ2v) is 17.9.